The van der Waals surface area contributed by atoms with Crippen molar-refractivity contribution in [3.05, 3.63) is 46.3 Å². The van der Waals surface area contributed by atoms with Crippen LogP contribution in [0.3, 0.4) is 0 Å². The molecule has 2 aliphatic heterocycles. The second kappa shape index (κ2) is 5.96. The Hall–Kier alpha value is -1.79. The number of hydrogen-bond acceptors (Lipinski definition) is 4. The Morgan fingerprint density at radius 1 is 1.00 bits per heavy atom. The fourth-order valence-electron chi connectivity index (χ4n) is 7.86. The third-order valence-corrected chi connectivity index (χ3v) is 9.63. The van der Waals surface area contributed by atoms with Gasteiger partial charge in [0.15, 0.2) is 0 Å². The van der Waals surface area contributed by atoms with Gasteiger partial charge < -0.3 is 14.4 Å². The van der Waals surface area contributed by atoms with Crippen molar-refractivity contribution in [2.24, 2.45) is 11.8 Å². The van der Waals surface area contributed by atoms with E-state index in [0.29, 0.717) is 23.1 Å². The maximum Gasteiger partial charge on any atom is 0.380 e. The van der Waals surface area contributed by atoms with Gasteiger partial charge in [-0.3, -0.25) is 14.3 Å². The maximum atomic E-state index is 13.3. The quantitative estimate of drug-likeness (QED) is 0.564. The zero-order chi connectivity index (χ0) is 21.1. The molecule has 162 valence electrons. The van der Waals surface area contributed by atoms with Crippen molar-refractivity contribution in [1.29, 1.82) is 0 Å². The van der Waals surface area contributed by atoms with E-state index in [1.807, 2.05) is 12.1 Å². The molecule has 2 saturated heterocycles. The Morgan fingerprint density at radius 2 is 1.68 bits per heavy atom. The van der Waals surface area contributed by atoms with Gasteiger partial charge in [-0.15, -0.1) is 0 Å². The highest BCUT2D eigenvalue weighted by molar-refractivity contribution is 7.59. The van der Waals surface area contributed by atoms with Crippen molar-refractivity contribution in [3.63, 3.8) is 0 Å². The van der Waals surface area contributed by atoms with E-state index in [-0.39, 0.29) is 11.6 Å². The topological polar surface area (TPSA) is 95.7 Å². The number of rotatable bonds is 3. The van der Waals surface area contributed by atoms with Crippen LogP contribution in [-0.4, -0.2) is 41.9 Å². The van der Waals surface area contributed by atoms with Crippen LogP contribution in [0, 0.1) is 11.8 Å². The average Bonchev–Trinajstić information content (AvgIpc) is 3.29. The second-order valence-corrected chi connectivity index (χ2v) is 11.9. The van der Waals surface area contributed by atoms with Gasteiger partial charge in [0.1, 0.15) is 0 Å². The molecule has 1 saturated carbocycles. The number of piperidine rings is 1. The number of hydrogen-bond donors (Lipinski definition) is 2. The van der Waals surface area contributed by atoms with E-state index in [0.717, 1.165) is 37.5 Å². The Kier molecular flexibility index (Phi) is 3.60. The first-order valence-electron chi connectivity index (χ1n) is 11.4. The van der Waals surface area contributed by atoms with Crippen molar-refractivity contribution >= 4 is 24.1 Å². The molecule has 7 rings (SSSR count). The van der Waals surface area contributed by atoms with Crippen molar-refractivity contribution in [2.75, 3.05) is 0 Å². The fraction of sp³-hybridized carbons (Fsp3) is 0.565. The van der Waals surface area contributed by atoms with Gasteiger partial charge in [0.2, 0.25) is 5.44 Å². The lowest BCUT2D eigenvalue weighted by molar-refractivity contribution is -0.0165. The first-order valence-corrected chi connectivity index (χ1v) is 13.0. The van der Waals surface area contributed by atoms with Crippen molar-refractivity contribution in [1.82, 2.24) is 14.5 Å². The molecule has 2 aromatic rings. The average molecular weight is 439 g/mol. The summed E-state index contributed by atoms with van der Waals surface area (Å²) in [6, 6.07) is 8.00. The molecule has 2 N–H and O–H groups in total. The fourth-order valence-corrected chi connectivity index (χ4v) is 8.45. The molecular weight excluding hydrogens is 413 g/mol. The number of nitrogens with zero attached hydrogens (tertiary/aromatic N) is 3. The zero-order valence-electron chi connectivity index (χ0n) is 17.2. The lowest BCUT2D eigenvalue weighted by atomic mass is 9.62. The molecule has 5 atom stereocenters. The van der Waals surface area contributed by atoms with E-state index >= 15 is 0 Å². The lowest BCUT2D eigenvalue weighted by Crippen LogP contribution is -2.58. The summed E-state index contributed by atoms with van der Waals surface area (Å²) in [4.78, 5) is 39.7. The molecular formula is C23H26N3O4P. The Bertz CT molecular complexity index is 1240. The highest BCUT2D eigenvalue weighted by Gasteiger charge is 2.62. The first-order chi connectivity index (χ1) is 14.8. The Morgan fingerprint density at radius 3 is 2.29 bits per heavy atom. The summed E-state index contributed by atoms with van der Waals surface area (Å²) in [5.41, 5.74) is 1.83. The number of fused-ring (bicyclic) bond motifs is 5. The lowest BCUT2D eigenvalue weighted by Gasteiger charge is -2.54. The van der Waals surface area contributed by atoms with Gasteiger partial charge >= 0.3 is 7.60 Å². The summed E-state index contributed by atoms with van der Waals surface area (Å²) in [6.07, 6.45) is 10.5. The highest BCUT2D eigenvalue weighted by Crippen LogP contribution is 2.65. The van der Waals surface area contributed by atoms with Gasteiger partial charge in [0.25, 0.3) is 5.56 Å². The summed E-state index contributed by atoms with van der Waals surface area (Å²) in [6.45, 7) is 0. The molecule has 4 bridgehead atoms. The van der Waals surface area contributed by atoms with E-state index in [4.69, 9.17) is 0 Å². The van der Waals surface area contributed by atoms with Crippen molar-refractivity contribution in [3.8, 4) is 0 Å². The number of para-hydroxylation sites is 2. The smallest absolute Gasteiger partial charge is 0.320 e. The van der Waals surface area contributed by atoms with E-state index in [1.54, 1.807) is 22.3 Å². The Labute approximate surface area is 179 Å². The van der Waals surface area contributed by atoms with Crippen LogP contribution in [0.1, 0.15) is 51.0 Å². The van der Waals surface area contributed by atoms with Crippen LogP contribution in [0.2, 0.25) is 0 Å². The summed E-state index contributed by atoms with van der Waals surface area (Å²) < 4.78 is 13.7. The molecule has 3 unspecified atom stereocenters. The van der Waals surface area contributed by atoms with Crippen LogP contribution in [-0.2, 0) is 4.57 Å². The first kappa shape index (κ1) is 18.8. The third kappa shape index (κ3) is 2.44. The minimum absolute atomic E-state index is 0.0587. The summed E-state index contributed by atoms with van der Waals surface area (Å²) in [7, 11) is -4.76. The van der Waals surface area contributed by atoms with Gasteiger partial charge in [-0.05, 0) is 68.9 Å². The van der Waals surface area contributed by atoms with Crippen LogP contribution in [0.4, 0.5) is 0 Å². The van der Waals surface area contributed by atoms with Crippen LogP contribution in [0.15, 0.2) is 40.7 Å². The van der Waals surface area contributed by atoms with E-state index in [9.17, 15) is 19.1 Å². The van der Waals surface area contributed by atoms with Crippen LogP contribution < -0.4 is 11.0 Å². The van der Waals surface area contributed by atoms with Crippen LogP contribution >= 0.6 is 7.60 Å². The van der Waals surface area contributed by atoms with Crippen molar-refractivity contribution in [2.45, 2.75) is 68.6 Å². The standard InChI is InChI=1S/C23H26N3O4P/c27-22-21(31(28,29)30)24-19-3-1-2-4-20(19)25(22)17-8-15-5-6-16(9-17)26(15)23-10-13-7-14(11-23)18(13)12-23/h1-4,12-17H,5-11H2,(H2,28,29,30)/t13?,14?,15-,16+,17?,23?. The van der Waals surface area contributed by atoms with E-state index in [2.05, 4.69) is 16.0 Å². The molecule has 5 aliphatic rings. The number of benzene rings is 1. The molecule has 3 heterocycles. The highest BCUT2D eigenvalue weighted by atomic mass is 31.2. The summed E-state index contributed by atoms with van der Waals surface area (Å²) >= 11 is 0. The van der Waals surface area contributed by atoms with Gasteiger partial charge in [0.05, 0.1) is 11.0 Å². The van der Waals surface area contributed by atoms with Gasteiger partial charge in [0, 0.05) is 23.7 Å². The molecule has 31 heavy (non-hydrogen) atoms. The van der Waals surface area contributed by atoms with Gasteiger partial charge in [-0.25, -0.2) is 4.98 Å². The molecule has 1 aromatic heterocycles. The molecule has 8 heteroatoms. The normalized spacial score (nSPS) is 38.5. The monoisotopic (exact) mass is 439 g/mol. The van der Waals surface area contributed by atoms with Crippen LogP contribution in [0.25, 0.3) is 11.0 Å². The second-order valence-electron chi connectivity index (χ2n) is 10.3. The summed E-state index contributed by atoms with van der Waals surface area (Å²) in [5.74, 6) is 1.63. The SMILES string of the molecule is O=c1c(P(=O)(O)O)nc2ccccc2n1C1C[C@H]2CC[C@@H](C1)N2C12C=C3C(CC3C1)C2. The molecule has 3 aliphatic carbocycles. The molecule has 1 aromatic carbocycles. The van der Waals surface area contributed by atoms with E-state index < -0.39 is 18.6 Å². The maximum absolute atomic E-state index is 13.3. The predicted molar refractivity (Wildman–Crippen MR) is 116 cm³/mol. The number of aromatic nitrogens is 2. The van der Waals surface area contributed by atoms with Gasteiger partial charge in [-0.2, -0.15) is 0 Å². The molecule has 0 spiro atoms. The largest absolute Gasteiger partial charge is 0.380 e. The van der Waals surface area contributed by atoms with Crippen LogP contribution in [0.5, 0.6) is 0 Å². The minimum atomic E-state index is -4.76. The molecule has 7 nitrogen and oxygen atoms in total. The van der Waals surface area contributed by atoms with Crippen molar-refractivity contribution < 1.29 is 14.4 Å². The number of allylic oxidation sites excluding steroid dienone is 1. The third-order valence-electron chi connectivity index (χ3n) is 8.79. The Balaban J connectivity index is 1.30. The molecule has 0 radical (unpaired) electrons. The zero-order valence-corrected chi connectivity index (χ0v) is 18.1. The van der Waals surface area contributed by atoms with Gasteiger partial charge in [-0.1, -0.05) is 23.8 Å². The molecule has 0 amide bonds. The van der Waals surface area contributed by atoms with E-state index in [1.165, 1.54) is 19.3 Å². The predicted octanol–water partition coefficient (Wildman–Crippen LogP) is 2.48. The summed E-state index contributed by atoms with van der Waals surface area (Å²) in [5, 5.41) is 0. The molecule has 3 fully saturated rings. The minimum Gasteiger partial charge on any atom is -0.320 e.